The van der Waals surface area contributed by atoms with Gasteiger partial charge in [-0.15, -0.1) is 0 Å². The molecule has 3 aromatic rings. The molecule has 2 aromatic heterocycles. The Kier molecular flexibility index (Phi) is 3.97. The van der Waals surface area contributed by atoms with Crippen LogP contribution in [-0.4, -0.2) is 29.6 Å². The molecule has 0 saturated heterocycles. The molecule has 7 heteroatoms. The number of amides is 1. The van der Waals surface area contributed by atoms with Gasteiger partial charge in [0.2, 0.25) is 11.8 Å². The van der Waals surface area contributed by atoms with E-state index in [1.165, 1.54) is 0 Å². The Morgan fingerprint density at radius 1 is 1.40 bits per heavy atom. The first-order valence-electron chi connectivity index (χ1n) is 8.01. The predicted molar refractivity (Wildman–Crippen MR) is 89.3 cm³/mol. The molecule has 3 heterocycles. The van der Waals surface area contributed by atoms with Crippen LogP contribution in [0.1, 0.15) is 11.5 Å². The highest BCUT2D eigenvalue weighted by Crippen LogP contribution is 2.30. The smallest absolute Gasteiger partial charge is 0.227 e. The van der Waals surface area contributed by atoms with Crippen molar-refractivity contribution in [2.45, 2.75) is 13.0 Å². The highest BCUT2D eigenvalue weighted by atomic mass is 16.5. The summed E-state index contributed by atoms with van der Waals surface area (Å²) in [4.78, 5) is 20.8. The first-order chi connectivity index (χ1) is 12.2. The molecule has 1 unspecified atom stereocenters. The molecule has 128 valence electrons. The van der Waals surface area contributed by atoms with Gasteiger partial charge in [0, 0.05) is 6.20 Å². The van der Waals surface area contributed by atoms with Gasteiger partial charge >= 0.3 is 0 Å². The summed E-state index contributed by atoms with van der Waals surface area (Å²) < 4.78 is 16.5. The van der Waals surface area contributed by atoms with Gasteiger partial charge in [0.1, 0.15) is 18.1 Å². The number of hydrogen-bond donors (Lipinski definition) is 1. The Morgan fingerprint density at radius 2 is 2.32 bits per heavy atom. The fraction of sp³-hybridized carbons (Fsp3) is 0.278. The number of methoxy groups -OCH3 is 1. The van der Waals surface area contributed by atoms with Gasteiger partial charge in [-0.25, -0.2) is 4.98 Å². The lowest BCUT2D eigenvalue weighted by molar-refractivity contribution is -0.126. The average molecular weight is 339 g/mol. The van der Waals surface area contributed by atoms with Gasteiger partial charge in [-0.05, 0) is 42.3 Å². The molecule has 0 spiro atoms. The highest BCUT2D eigenvalue weighted by molar-refractivity contribution is 5.79. The molecule has 1 atom stereocenters. The second-order valence-electron chi connectivity index (χ2n) is 5.84. The van der Waals surface area contributed by atoms with E-state index in [4.69, 9.17) is 13.9 Å². The van der Waals surface area contributed by atoms with E-state index in [2.05, 4.69) is 15.3 Å². The predicted octanol–water partition coefficient (Wildman–Crippen LogP) is 2.10. The van der Waals surface area contributed by atoms with E-state index < -0.39 is 0 Å². The number of pyridine rings is 1. The van der Waals surface area contributed by atoms with E-state index in [9.17, 15) is 4.79 Å². The van der Waals surface area contributed by atoms with Crippen LogP contribution < -0.4 is 14.8 Å². The molecule has 4 rings (SSSR count). The lowest BCUT2D eigenvalue weighted by atomic mass is 9.96. The summed E-state index contributed by atoms with van der Waals surface area (Å²) in [5.74, 6) is 1.63. The fourth-order valence-electron chi connectivity index (χ4n) is 2.86. The Morgan fingerprint density at radius 3 is 3.16 bits per heavy atom. The number of hydrogen-bond acceptors (Lipinski definition) is 6. The minimum absolute atomic E-state index is 0.0938. The van der Waals surface area contributed by atoms with Crippen LogP contribution in [0.4, 0.5) is 0 Å². The molecular formula is C18H17N3O4. The summed E-state index contributed by atoms with van der Waals surface area (Å²) in [5, 5.41) is 2.85. The van der Waals surface area contributed by atoms with Crippen molar-refractivity contribution in [2.75, 3.05) is 13.7 Å². The van der Waals surface area contributed by atoms with Gasteiger partial charge in [0.05, 0.1) is 19.6 Å². The fourth-order valence-corrected chi connectivity index (χ4v) is 2.86. The molecule has 0 radical (unpaired) electrons. The number of benzene rings is 1. The number of aromatic nitrogens is 2. The van der Waals surface area contributed by atoms with E-state index in [1.54, 1.807) is 25.4 Å². The average Bonchev–Trinajstić information content (AvgIpc) is 3.08. The number of nitrogens with zero attached hydrogens (tertiary/aromatic N) is 2. The number of carbonyl (C=O) groups is 1. The van der Waals surface area contributed by atoms with Crippen molar-refractivity contribution in [2.24, 2.45) is 5.92 Å². The number of carbonyl (C=O) groups excluding carboxylic acids is 1. The van der Waals surface area contributed by atoms with Crippen molar-refractivity contribution in [3.63, 3.8) is 0 Å². The summed E-state index contributed by atoms with van der Waals surface area (Å²) >= 11 is 0. The highest BCUT2D eigenvalue weighted by Gasteiger charge is 2.26. The zero-order chi connectivity index (χ0) is 17.2. The Labute approximate surface area is 144 Å². The molecule has 1 amide bonds. The van der Waals surface area contributed by atoms with Crippen molar-refractivity contribution in [3.8, 4) is 11.5 Å². The van der Waals surface area contributed by atoms with Gasteiger partial charge in [0.25, 0.3) is 0 Å². The largest absolute Gasteiger partial charge is 0.497 e. The van der Waals surface area contributed by atoms with Crippen LogP contribution in [0.25, 0.3) is 11.2 Å². The number of nitrogens with one attached hydrogen (secondary N) is 1. The van der Waals surface area contributed by atoms with Gasteiger partial charge in [-0.1, -0.05) is 0 Å². The minimum atomic E-state index is -0.262. The summed E-state index contributed by atoms with van der Waals surface area (Å²) in [5.41, 5.74) is 2.11. The molecular weight excluding hydrogens is 322 g/mol. The first kappa shape index (κ1) is 15.4. The van der Waals surface area contributed by atoms with Crippen molar-refractivity contribution in [1.82, 2.24) is 15.3 Å². The van der Waals surface area contributed by atoms with Gasteiger partial charge in [-0.2, -0.15) is 4.98 Å². The molecule has 0 aliphatic carbocycles. The molecule has 25 heavy (non-hydrogen) atoms. The SMILES string of the molecule is COc1ccc2c(c1)CC(C(=O)NCc1nc3ncccc3o1)CO2. The topological polar surface area (TPSA) is 86.5 Å². The van der Waals surface area contributed by atoms with Crippen molar-refractivity contribution in [3.05, 3.63) is 48.0 Å². The minimum Gasteiger partial charge on any atom is -0.497 e. The molecule has 0 fully saturated rings. The summed E-state index contributed by atoms with van der Waals surface area (Å²) in [6, 6.07) is 9.19. The van der Waals surface area contributed by atoms with E-state index in [0.29, 0.717) is 30.1 Å². The third kappa shape index (κ3) is 3.13. The Balaban J connectivity index is 1.41. The number of ether oxygens (including phenoxy) is 2. The molecule has 0 saturated carbocycles. The van der Waals surface area contributed by atoms with Crippen molar-refractivity contribution in [1.29, 1.82) is 0 Å². The zero-order valence-corrected chi connectivity index (χ0v) is 13.7. The maximum absolute atomic E-state index is 12.4. The Bertz CT molecular complexity index is 889. The lowest BCUT2D eigenvalue weighted by Gasteiger charge is -2.24. The summed E-state index contributed by atoms with van der Waals surface area (Å²) in [7, 11) is 1.62. The van der Waals surface area contributed by atoms with Crippen LogP contribution in [0.5, 0.6) is 11.5 Å². The zero-order valence-electron chi connectivity index (χ0n) is 13.7. The third-order valence-electron chi connectivity index (χ3n) is 4.17. The molecule has 1 aliphatic rings. The summed E-state index contributed by atoms with van der Waals surface area (Å²) in [6.07, 6.45) is 2.26. The van der Waals surface area contributed by atoms with Crippen molar-refractivity contribution >= 4 is 17.1 Å². The molecule has 1 aromatic carbocycles. The second kappa shape index (κ2) is 6.43. The van der Waals surface area contributed by atoms with Crippen LogP contribution in [-0.2, 0) is 17.8 Å². The number of oxazole rings is 1. The van der Waals surface area contributed by atoms with Crippen molar-refractivity contribution < 1.29 is 18.7 Å². The standard InChI is InChI=1S/C18H17N3O4/c1-23-13-4-5-14-11(8-13)7-12(10-24-14)18(22)20-9-16-21-17-15(25-16)3-2-6-19-17/h2-6,8,12H,7,9-10H2,1H3,(H,20,22). The summed E-state index contributed by atoms with van der Waals surface area (Å²) in [6.45, 7) is 0.566. The van der Waals surface area contributed by atoms with E-state index in [1.807, 2.05) is 18.2 Å². The maximum Gasteiger partial charge on any atom is 0.227 e. The monoisotopic (exact) mass is 339 g/mol. The van der Waals surface area contributed by atoms with Crippen LogP contribution in [0.3, 0.4) is 0 Å². The quantitative estimate of drug-likeness (QED) is 0.783. The molecule has 7 nitrogen and oxygen atoms in total. The van der Waals surface area contributed by atoms with Crippen LogP contribution >= 0.6 is 0 Å². The normalized spacial score (nSPS) is 16.1. The molecule has 1 N–H and O–H groups in total. The molecule has 0 bridgehead atoms. The Hall–Kier alpha value is -3.09. The van der Waals surface area contributed by atoms with Gasteiger partial charge in [-0.3, -0.25) is 4.79 Å². The van der Waals surface area contributed by atoms with Crippen LogP contribution in [0.2, 0.25) is 0 Å². The second-order valence-corrected chi connectivity index (χ2v) is 5.84. The van der Waals surface area contributed by atoms with E-state index >= 15 is 0 Å². The van der Waals surface area contributed by atoms with E-state index in [0.717, 1.165) is 17.1 Å². The van der Waals surface area contributed by atoms with Gasteiger partial charge in [0.15, 0.2) is 11.2 Å². The van der Waals surface area contributed by atoms with Crippen LogP contribution in [0.15, 0.2) is 40.9 Å². The lowest BCUT2D eigenvalue weighted by Crippen LogP contribution is -2.37. The molecule has 1 aliphatic heterocycles. The first-order valence-corrected chi connectivity index (χ1v) is 8.01. The maximum atomic E-state index is 12.4. The van der Waals surface area contributed by atoms with Gasteiger partial charge < -0.3 is 19.2 Å². The number of fused-ring (bicyclic) bond motifs is 2. The number of rotatable bonds is 4. The third-order valence-corrected chi connectivity index (χ3v) is 4.17. The van der Waals surface area contributed by atoms with Crippen LogP contribution in [0, 0.1) is 5.92 Å². The van der Waals surface area contributed by atoms with E-state index in [-0.39, 0.29) is 18.4 Å².